The van der Waals surface area contributed by atoms with Crippen molar-refractivity contribution >= 4 is 29.7 Å². The van der Waals surface area contributed by atoms with Crippen molar-refractivity contribution in [3.05, 3.63) is 35.4 Å². The van der Waals surface area contributed by atoms with Gasteiger partial charge in [-0.3, -0.25) is 9.59 Å². The van der Waals surface area contributed by atoms with Crippen LogP contribution in [0.1, 0.15) is 68.3 Å². The van der Waals surface area contributed by atoms with E-state index in [1.54, 1.807) is 24.0 Å². The standard InChI is InChI=1S/C27H42N6O7/c1-3-5-14-29-27(37)30-15-6-7-22(31-25(35)20-10-8-19(9-11-20)24(28)32-38)26(36)33-16-12-21(13-17-33)40-18-23(34)39-4-2/h8-11,21-22,38H,3-7,12-18H2,1-2H3,(H2,28,32)(H,31,35)(H2,29,30,37)/t22-/m0/s1. The minimum absolute atomic E-state index is 0.0825. The third-order valence-corrected chi connectivity index (χ3v) is 6.42. The number of oxime groups is 1. The van der Waals surface area contributed by atoms with Crippen LogP contribution in [0, 0.1) is 0 Å². The summed E-state index contributed by atoms with van der Waals surface area (Å²) in [5.41, 5.74) is 6.35. The van der Waals surface area contributed by atoms with Crippen LogP contribution in [-0.2, 0) is 19.1 Å². The number of piperidine rings is 1. The highest BCUT2D eigenvalue weighted by atomic mass is 16.6. The monoisotopic (exact) mass is 562 g/mol. The van der Waals surface area contributed by atoms with E-state index in [9.17, 15) is 19.2 Å². The lowest BCUT2D eigenvalue weighted by atomic mass is 10.0. The number of nitrogens with two attached hydrogens (primary N) is 1. The molecule has 13 heteroatoms. The quantitative estimate of drug-likeness (QED) is 0.0529. The minimum Gasteiger partial charge on any atom is -0.464 e. The number of hydrogen-bond donors (Lipinski definition) is 5. The molecule has 6 N–H and O–H groups in total. The van der Waals surface area contributed by atoms with Gasteiger partial charge in [0.2, 0.25) is 5.91 Å². The van der Waals surface area contributed by atoms with Crippen molar-refractivity contribution in [2.24, 2.45) is 10.9 Å². The number of esters is 1. The molecule has 0 radical (unpaired) electrons. The predicted octanol–water partition coefficient (Wildman–Crippen LogP) is 1.33. The van der Waals surface area contributed by atoms with Crippen molar-refractivity contribution in [1.29, 1.82) is 0 Å². The van der Waals surface area contributed by atoms with E-state index in [2.05, 4.69) is 21.1 Å². The topological polar surface area (TPSA) is 185 Å². The van der Waals surface area contributed by atoms with Crippen LogP contribution < -0.4 is 21.7 Å². The maximum absolute atomic E-state index is 13.4. The second-order valence-electron chi connectivity index (χ2n) is 9.41. The molecular formula is C27H42N6O7. The summed E-state index contributed by atoms with van der Waals surface area (Å²) in [6.45, 7) is 5.71. The fraction of sp³-hybridized carbons (Fsp3) is 0.593. The molecule has 1 saturated heterocycles. The largest absolute Gasteiger partial charge is 0.464 e. The van der Waals surface area contributed by atoms with Gasteiger partial charge in [-0.1, -0.05) is 30.6 Å². The number of benzene rings is 1. The van der Waals surface area contributed by atoms with Crippen LogP contribution in [0.15, 0.2) is 29.4 Å². The summed E-state index contributed by atoms with van der Waals surface area (Å²) in [4.78, 5) is 51.6. The van der Waals surface area contributed by atoms with Crippen molar-refractivity contribution in [2.45, 2.75) is 64.5 Å². The first-order valence-electron chi connectivity index (χ1n) is 13.8. The normalized spacial score (nSPS) is 14.8. The third kappa shape index (κ3) is 11.1. The molecule has 1 aliphatic heterocycles. The van der Waals surface area contributed by atoms with Crippen LogP contribution in [0.2, 0.25) is 0 Å². The van der Waals surface area contributed by atoms with Crippen LogP contribution in [0.3, 0.4) is 0 Å². The number of nitrogens with one attached hydrogen (secondary N) is 3. The summed E-state index contributed by atoms with van der Waals surface area (Å²) in [5, 5.41) is 20.2. The Hall–Kier alpha value is -3.87. The second-order valence-corrected chi connectivity index (χ2v) is 9.41. The number of carbonyl (C=O) groups excluding carboxylic acids is 4. The van der Waals surface area contributed by atoms with E-state index >= 15 is 0 Å². The van der Waals surface area contributed by atoms with Crippen LogP contribution in [-0.4, -0.2) is 91.3 Å². The Morgan fingerprint density at radius 1 is 1.05 bits per heavy atom. The number of urea groups is 1. The molecule has 0 bridgehead atoms. The van der Waals surface area contributed by atoms with Crippen molar-refractivity contribution in [2.75, 3.05) is 39.4 Å². The summed E-state index contributed by atoms with van der Waals surface area (Å²) in [6, 6.07) is 5.07. The molecule has 4 amide bonds. The lowest BCUT2D eigenvalue weighted by Gasteiger charge is -2.34. The van der Waals surface area contributed by atoms with Crippen molar-refractivity contribution in [1.82, 2.24) is 20.9 Å². The molecule has 222 valence electrons. The molecule has 40 heavy (non-hydrogen) atoms. The first kappa shape index (κ1) is 32.3. The molecular weight excluding hydrogens is 520 g/mol. The van der Waals surface area contributed by atoms with Gasteiger partial charge in [-0.15, -0.1) is 0 Å². The van der Waals surface area contributed by atoms with Gasteiger partial charge < -0.3 is 41.3 Å². The lowest BCUT2D eigenvalue weighted by molar-refractivity contribution is -0.152. The fourth-order valence-corrected chi connectivity index (χ4v) is 4.15. The summed E-state index contributed by atoms with van der Waals surface area (Å²) in [5.74, 6) is -1.17. The van der Waals surface area contributed by atoms with Gasteiger partial charge in [0, 0.05) is 37.3 Å². The van der Waals surface area contributed by atoms with Gasteiger partial charge in [-0.25, -0.2) is 9.59 Å². The average molecular weight is 563 g/mol. The second kappa shape index (κ2) is 17.7. The van der Waals surface area contributed by atoms with Crippen LogP contribution in [0.25, 0.3) is 0 Å². The number of unbranched alkanes of at least 4 members (excludes halogenated alkanes) is 1. The zero-order valence-corrected chi connectivity index (χ0v) is 23.3. The zero-order valence-electron chi connectivity index (χ0n) is 23.3. The molecule has 1 fully saturated rings. The van der Waals surface area contributed by atoms with Gasteiger partial charge in [0.05, 0.1) is 12.7 Å². The molecule has 1 aromatic carbocycles. The number of likely N-dealkylation sites (tertiary alicyclic amines) is 1. The first-order chi connectivity index (χ1) is 19.3. The van der Waals surface area contributed by atoms with Crippen molar-refractivity contribution in [3.63, 3.8) is 0 Å². The van der Waals surface area contributed by atoms with E-state index in [4.69, 9.17) is 20.4 Å². The number of amides is 4. The number of carbonyl (C=O) groups is 4. The van der Waals surface area contributed by atoms with Gasteiger partial charge in [0.1, 0.15) is 12.6 Å². The summed E-state index contributed by atoms with van der Waals surface area (Å²) in [7, 11) is 0. The smallest absolute Gasteiger partial charge is 0.332 e. The van der Waals surface area contributed by atoms with Crippen molar-refractivity contribution in [3.8, 4) is 0 Å². The fourth-order valence-electron chi connectivity index (χ4n) is 4.15. The van der Waals surface area contributed by atoms with Gasteiger partial charge in [-0.2, -0.15) is 0 Å². The number of hydrogen-bond acceptors (Lipinski definition) is 8. The maximum atomic E-state index is 13.4. The Balaban J connectivity index is 1.97. The molecule has 13 nitrogen and oxygen atoms in total. The molecule has 0 spiro atoms. The Morgan fingerprint density at radius 2 is 1.68 bits per heavy atom. The Morgan fingerprint density at radius 3 is 2.27 bits per heavy atom. The van der Waals surface area contributed by atoms with Gasteiger partial charge in [0.15, 0.2) is 5.84 Å². The Bertz CT molecular complexity index is 994. The SMILES string of the molecule is CCCCNC(=O)NCCC[C@H](NC(=O)c1ccc(/C(N)=N/O)cc1)C(=O)N1CCC(OCC(=O)OCC)CC1. The highest BCUT2D eigenvalue weighted by Gasteiger charge is 2.30. The summed E-state index contributed by atoms with van der Waals surface area (Å²) < 4.78 is 10.5. The van der Waals surface area contributed by atoms with Crippen LogP contribution in [0.4, 0.5) is 4.79 Å². The molecule has 0 saturated carbocycles. The number of ether oxygens (including phenoxy) is 2. The van der Waals surface area contributed by atoms with Crippen LogP contribution >= 0.6 is 0 Å². The van der Waals surface area contributed by atoms with Gasteiger partial charge in [0.25, 0.3) is 5.91 Å². The highest BCUT2D eigenvalue weighted by molar-refractivity contribution is 6.00. The van der Waals surface area contributed by atoms with E-state index in [0.29, 0.717) is 63.0 Å². The van der Waals surface area contributed by atoms with E-state index in [0.717, 1.165) is 12.8 Å². The number of nitrogens with zero attached hydrogens (tertiary/aromatic N) is 2. The molecule has 0 unspecified atom stereocenters. The van der Waals surface area contributed by atoms with E-state index in [1.807, 2.05) is 6.92 Å². The van der Waals surface area contributed by atoms with E-state index < -0.39 is 17.9 Å². The lowest BCUT2D eigenvalue weighted by Crippen LogP contribution is -2.51. The van der Waals surface area contributed by atoms with E-state index in [1.165, 1.54) is 12.1 Å². The maximum Gasteiger partial charge on any atom is 0.332 e. The van der Waals surface area contributed by atoms with E-state index in [-0.39, 0.29) is 37.1 Å². The molecule has 1 aromatic rings. The van der Waals surface area contributed by atoms with Gasteiger partial charge in [-0.05, 0) is 51.2 Å². The molecule has 2 rings (SSSR count). The minimum atomic E-state index is -0.807. The molecule has 1 heterocycles. The molecule has 0 aliphatic carbocycles. The third-order valence-electron chi connectivity index (χ3n) is 6.42. The first-order valence-corrected chi connectivity index (χ1v) is 13.8. The number of amidine groups is 1. The Kier molecular flexibility index (Phi) is 14.3. The summed E-state index contributed by atoms with van der Waals surface area (Å²) in [6.07, 6.45) is 3.61. The van der Waals surface area contributed by atoms with Crippen LogP contribution in [0.5, 0.6) is 0 Å². The summed E-state index contributed by atoms with van der Waals surface area (Å²) >= 11 is 0. The molecule has 1 atom stereocenters. The molecule has 1 aliphatic rings. The highest BCUT2D eigenvalue weighted by Crippen LogP contribution is 2.16. The van der Waals surface area contributed by atoms with Gasteiger partial charge >= 0.3 is 12.0 Å². The Labute approximate surface area is 234 Å². The van der Waals surface area contributed by atoms with Crippen molar-refractivity contribution < 1.29 is 33.9 Å². The average Bonchev–Trinajstić information content (AvgIpc) is 2.97. The predicted molar refractivity (Wildman–Crippen MR) is 148 cm³/mol. The molecule has 0 aromatic heterocycles. The zero-order chi connectivity index (χ0) is 29.3. The number of rotatable bonds is 15.